The van der Waals surface area contributed by atoms with Crippen LogP contribution < -0.4 is 11.1 Å². The van der Waals surface area contributed by atoms with Gasteiger partial charge >= 0.3 is 0 Å². The Morgan fingerprint density at radius 1 is 0.947 bits per heavy atom. The molecule has 3 N–H and O–H groups in total. The number of nitrogen functional groups attached to an aromatic ring is 1. The van der Waals surface area contributed by atoms with E-state index in [4.69, 9.17) is 5.73 Å². The fraction of sp³-hybridized carbons (Fsp3) is 0.647. The Kier molecular flexibility index (Phi) is 4.07. The van der Waals surface area contributed by atoms with Gasteiger partial charge in [0.1, 0.15) is 0 Å². The third kappa shape index (κ3) is 3.11. The number of nitrogens with two attached hydrogens (primary N) is 1. The second-order valence-electron chi connectivity index (χ2n) is 6.26. The molecule has 1 fully saturated rings. The number of hydrogen-bond acceptors (Lipinski definition) is 2. The van der Waals surface area contributed by atoms with Crippen LogP contribution in [0.2, 0.25) is 0 Å². The number of anilines is 1. The molecular formula is C17H26N2. The van der Waals surface area contributed by atoms with Gasteiger partial charge in [-0.1, -0.05) is 38.2 Å². The predicted octanol–water partition coefficient (Wildman–Crippen LogP) is 3.96. The number of aryl methyl sites for hydroxylation is 1. The summed E-state index contributed by atoms with van der Waals surface area (Å²) in [4.78, 5) is 0. The lowest BCUT2D eigenvalue weighted by molar-refractivity contribution is 0.352. The molecule has 1 unspecified atom stereocenters. The molecule has 2 aliphatic rings. The fourth-order valence-electron chi connectivity index (χ4n) is 3.72. The Bertz CT molecular complexity index is 419. The summed E-state index contributed by atoms with van der Waals surface area (Å²) in [6.45, 7) is 0. The van der Waals surface area contributed by atoms with Crippen molar-refractivity contribution in [3.8, 4) is 0 Å². The maximum atomic E-state index is 5.88. The van der Waals surface area contributed by atoms with E-state index in [1.807, 2.05) is 0 Å². The van der Waals surface area contributed by atoms with Crippen LogP contribution in [0, 0.1) is 0 Å². The van der Waals surface area contributed by atoms with Crippen LogP contribution >= 0.6 is 0 Å². The van der Waals surface area contributed by atoms with Crippen LogP contribution in [-0.2, 0) is 6.42 Å². The normalized spacial score (nSPS) is 24.7. The molecule has 1 aromatic carbocycles. The second kappa shape index (κ2) is 5.96. The van der Waals surface area contributed by atoms with E-state index in [0.29, 0.717) is 6.04 Å². The van der Waals surface area contributed by atoms with Crippen molar-refractivity contribution < 1.29 is 0 Å². The second-order valence-corrected chi connectivity index (χ2v) is 6.26. The van der Waals surface area contributed by atoms with Gasteiger partial charge in [-0.15, -0.1) is 0 Å². The molecule has 2 heteroatoms. The highest BCUT2D eigenvalue weighted by Gasteiger charge is 2.24. The fourth-order valence-corrected chi connectivity index (χ4v) is 3.72. The minimum absolute atomic E-state index is 0.569. The van der Waals surface area contributed by atoms with Gasteiger partial charge in [0.05, 0.1) is 0 Å². The van der Waals surface area contributed by atoms with E-state index in [1.54, 1.807) is 0 Å². The highest BCUT2D eigenvalue weighted by Crippen LogP contribution is 2.33. The van der Waals surface area contributed by atoms with Gasteiger partial charge in [0.2, 0.25) is 0 Å². The lowest BCUT2D eigenvalue weighted by Crippen LogP contribution is -2.32. The quantitative estimate of drug-likeness (QED) is 0.788. The maximum absolute atomic E-state index is 5.88. The zero-order valence-electron chi connectivity index (χ0n) is 11.8. The van der Waals surface area contributed by atoms with Crippen LogP contribution in [0.15, 0.2) is 18.2 Å². The van der Waals surface area contributed by atoms with Gasteiger partial charge in [-0.3, -0.25) is 0 Å². The molecule has 0 amide bonds. The molecule has 0 saturated heterocycles. The van der Waals surface area contributed by atoms with E-state index in [9.17, 15) is 0 Å². The molecule has 0 aromatic heterocycles. The van der Waals surface area contributed by atoms with E-state index in [-0.39, 0.29) is 0 Å². The Morgan fingerprint density at radius 3 is 2.47 bits per heavy atom. The Balaban J connectivity index is 1.64. The third-order valence-corrected chi connectivity index (χ3v) is 4.79. The molecule has 2 aliphatic carbocycles. The molecule has 104 valence electrons. The first-order chi connectivity index (χ1) is 9.33. The van der Waals surface area contributed by atoms with Crippen LogP contribution in [0.25, 0.3) is 0 Å². The van der Waals surface area contributed by atoms with E-state index in [2.05, 4.69) is 23.5 Å². The summed E-state index contributed by atoms with van der Waals surface area (Å²) in [5.41, 5.74) is 9.74. The molecule has 0 aliphatic heterocycles. The molecule has 1 saturated carbocycles. The largest absolute Gasteiger partial charge is 0.399 e. The first-order valence-corrected chi connectivity index (χ1v) is 7.97. The smallest absolute Gasteiger partial charge is 0.0328 e. The molecular weight excluding hydrogens is 232 g/mol. The summed E-state index contributed by atoms with van der Waals surface area (Å²) in [5.74, 6) is 0. The highest BCUT2D eigenvalue weighted by molar-refractivity contribution is 5.47. The van der Waals surface area contributed by atoms with Gasteiger partial charge < -0.3 is 11.1 Å². The van der Waals surface area contributed by atoms with Crippen molar-refractivity contribution in [3.05, 3.63) is 29.3 Å². The van der Waals surface area contributed by atoms with Gasteiger partial charge in [-0.2, -0.15) is 0 Å². The van der Waals surface area contributed by atoms with Crippen molar-refractivity contribution >= 4 is 5.69 Å². The van der Waals surface area contributed by atoms with Crippen LogP contribution in [0.5, 0.6) is 0 Å². The molecule has 19 heavy (non-hydrogen) atoms. The van der Waals surface area contributed by atoms with Crippen molar-refractivity contribution in [1.82, 2.24) is 5.32 Å². The van der Waals surface area contributed by atoms with Crippen LogP contribution in [-0.4, -0.2) is 6.04 Å². The minimum atomic E-state index is 0.569. The number of nitrogens with one attached hydrogen (secondary N) is 1. The van der Waals surface area contributed by atoms with E-state index < -0.39 is 0 Å². The summed E-state index contributed by atoms with van der Waals surface area (Å²) >= 11 is 0. The van der Waals surface area contributed by atoms with E-state index >= 15 is 0 Å². The Labute approximate surface area is 116 Å². The van der Waals surface area contributed by atoms with Crippen LogP contribution in [0.4, 0.5) is 5.69 Å². The van der Waals surface area contributed by atoms with Gasteiger partial charge in [0.25, 0.3) is 0 Å². The summed E-state index contributed by atoms with van der Waals surface area (Å²) < 4.78 is 0. The van der Waals surface area contributed by atoms with Crippen LogP contribution in [0.1, 0.15) is 68.5 Å². The van der Waals surface area contributed by atoms with Crippen molar-refractivity contribution in [2.75, 3.05) is 5.73 Å². The average Bonchev–Trinajstić information content (AvgIpc) is 2.74. The summed E-state index contributed by atoms with van der Waals surface area (Å²) in [6.07, 6.45) is 12.3. The zero-order chi connectivity index (χ0) is 13.1. The third-order valence-electron chi connectivity index (χ3n) is 4.79. The Morgan fingerprint density at radius 2 is 1.68 bits per heavy atom. The molecule has 0 spiro atoms. The molecule has 3 rings (SSSR count). The summed E-state index contributed by atoms with van der Waals surface area (Å²) in [5, 5.41) is 3.92. The molecule has 2 nitrogen and oxygen atoms in total. The number of hydrogen-bond donors (Lipinski definition) is 2. The molecule has 1 aromatic rings. The summed E-state index contributed by atoms with van der Waals surface area (Å²) in [7, 11) is 0. The number of fused-ring (bicyclic) bond motifs is 1. The van der Waals surface area contributed by atoms with Gasteiger partial charge in [0.15, 0.2) is 0 Å². The zero-order valence-corrected chi connectivity index (χ0v) is 11.8. The maximum Gasteiger partial charge on any atom is 0.0328 e. The first kappa shape index (κ1) is 13.0. The highest BCUT2D eigenvalue weighted by atomic mass is 15.0. The predicted molar refractivity (Wildman–Crippen MR) is 81.2 cm³/mol. The van der Waals surface area contributed by atoms with Gasteiger partial charge in [-0.05, 0) is 48.9 Å². The first-order valence-electron chi connectivity index (χ1n) is 7.97. The lowest BCUT2D eigenvalue weighted by atomic mass is 9.95. The van der Waals surface area contributed by atoms with E-state index in [0.717, 1.165) is 11.7 Å². The topological polar surface area (TPSA) is 38.0 Å². The number of benzene rings is 1. The SMILES string of the molecule is Nc1ccc2c(c1)CCC2NC1CCCCCCC1. The van der Waals surface area contributed by atoms with E-state index in [1.165, 1.54) is 68.9 Å². The monoisotopic (exact) mass is 258 g/mol. The van der Waals surface area contributed by atoms with Gasteiger partial charge in [-0.25, -0.2) is 0 Å². The molecule has 1 atom stereocenters. The van der Waals surface area contributed by atoms with Gasteiger partial charge in [0, 0.05) is 17.8 Å². The molecule has 0 radical (unpaired) electrons. The van der Waals surface area contributed by atoms with Crippen LogP contribution in [0.3, 0.4) is 0 Å². The minimum Gasteiger partial charge on any atom is -0.399 e. The van der Waals surface area contributed by atoms with Crippen molar-refractivity contribution in [1.29, 1.82) is 0 Å². The Hall–Kier alpha value is -1.02. The van der Waals surface area contributed by atoms with Crippen molar-refractivity contribution in [3.63, 3.8) is 0 Å². The van der Waals surface area contributed by atoms with Crippen molar-refractivity contribution in [2.24, 2.45) is 0 Å². The lowest BCUT2D eigenvalue weighted by Gasteiger charge is -2.25. The molecule has 0 heterocycles. The number of rotatable bonds is 2. The molecule has 0 bridgehead atoms. The average molecular weight is 258 g/mol. The summed E-state index contributed by atoms with van der Waals surface area (Å²) in [6, 6.07) is 7.75. The standard InChI is InChI=1S/C17H26N2/c18-14-9-10-16-13(12-14)8-11-17(16)19-15-6-4-2-1-3-5-7-15/h9-10,12,15,17,19H,1-8,11,18H2. The van der Waals surface area contributed by atoms with Crippen molar-refractivity contribution in [2.45, 2.75) is 69.9 Å².